The third-order valence-corrected chi connectivity index (χ3v) is 3.43. The van der Waals surface area contributed by atoms with Gasteiger partial charge in [-0.2, -0.15) is 0 Å². The van der Waals surface area contributed by atoms with E-state index in [1.165, 1.54) is 0 Å². The zero-order valence-electron chi connectivity index (χ0n) is 12.6. The maximum atomic E-state index is 12.2. The fourth-order valence-corrected chi connectivity index (χ4v) is 2.02. The van der Waals surface area contributed by atoms with Gasteiger partial charge in [0.1, 0.15) is 5.69 Å². The highest BCUT2D eigenvalue weighted by atomic mass is 16.2. The summed E-state index contributed by atoms with van der Waals surface area (Å²) in [6.07, 6.45) is 3.73. The van der Waals surface area contributed by atoms with Crippen molar-refractivity contribution in [2.45, 2.75) is 32.7 Å². The maximum Gasteiger partial charge on any atom is 0.272 e. The Balaban J connectivity index is 1.93. The predicted molar refractivity (Wildman–Crippen MR) is 81.1 cm³/mol. The van der Waals surface area contributed by atoms with Gasteiger partial charge in [-0.05, 0) is 38.8 Å². The number of carbonyl (C=O) groups excluding carboxylic acids is 2. The van der Waals surface area contributed by atoms with Crippen LogP contribution in [0.15, 0.2) is 18.3 Å². The van der Waals surface area contributed by atoms with E-state index in [1.54, 1.807) is 23.2 Å². The third-order valence-electron chi connectivity index (χ3n) is 3.43. The SMILES string of the molecule is CCN(CC)C(=O)c1cc(NCC(=O)NC2CC2)ccn1. The largest absolute Gasteiger partial charge is 0.376 e. The van der Waals surface area contributed by atoms with Crippen molar-refractivity contribution < 1.29 is 9.59 Å². The summed E-state index contributed by atoms with van der Waals surface area (Å²) in [5.41, 5.74) is 1.12. The van der Waals surface area contributed by atoms with E-state index in [1.807, 2.05) is 13.8 Å². The minimum absolute atomic E-state index is 0.0223. The monoisotopic (exact) mass is 290 g/mol. The maximum absolute atomic E-state index is 12.2. The van der Waals surface area contributed by atoms with Crippen molar-refractivity contribution in [2.75, 3.05) is 25.0 Å². The van der Waals surface area contributed by atoms with Gasteiger partial charge in [-0.3, -0.25) is 14.6 Å². The molecule has 114 valence electrons. The summed E-state index contributed by atoms with van der Waals surface area (Å²) in [5, 5.41) is 5.93. The summed E-state index contributed by atoms with van der Waals surface area (Å²) in [5.74, 6) is -0.114. The highest BCUT2D eigenvalue weighted by molar-refractivity contribution is 5.93. The molecule has 2 amide bonds. The molecule has 0 radical (unpaired) electrons. The Hall–Kier alpha value is -2.11. The van der Waals surface area contributed by atoms with Gasteiger partial charge in [-0.25, -0.2) is 0 Å². The topological polar surface area (TPSA) is 74.3 Å². The molecule has 1 saturated carbocycles. The van der Waals surface area contributed by atoms with Gasteiger partial charge in [0.15, 0.2) is 0 Å². The molecule has 2 rings (SSSR count). The van der Waals surface area contributed by atoms with Crippen LogP contribution >= 0.6 is 0 Å². The molecule has 1 aliphatic carbocycles. The van der Waals surface area contributed by atoms with E-state index < -0.39 is 0 Å². The lowest BCUT2D eigenvalue weighted by molar-refractivity contribution is -0.119. The fourth-order valence-electron chi connectivity index (χ4n) is 2.02. The van der Waals surface area contributed by atoms with E-state index in [0.29, 0.717) is 24.8 Å². The molecule has 0 saturated heterocycles. The van der Waals surface area contributed by atoms with Gasteiger partial charge in [-0.15, -0.1) is 0 Å². The van der Waals surface area contributed by atoms with Crippen molar-refractivity contribution in [3.63, 3.8) is 0 Å². The molecule has 0 atom stereocenters. The van der Waals surface area contributed by atoms with Crippen LogP contribution in [0.1, 0.15) is 37.2 Å². The minimum Gasteiger partial charge on any atom is -0.376 e. The average molecular weight is 290 g/mol. The summed E-state index contributed by atoms with van der Waals surface area (Å²) in [4.78, 5) is 29.7. The second kappa shape index (κ2) is 7.06. The van der Waals surface area contributed by atoms with Crippen LogP contribution in [0.4, 0.5) is 5.69 Å². The number of pyridine rings is 1. The van der Waals surface area contributed by atoms with Gasteiger partial charge in [0.25, 0.3) is 5.91 Å². The molecule has 0 unspecified atom stereocenters. The van der Waals surface area contributed by atoms with Crippen LogP contribution in [-0.2, 0) is 4.79 Å². The molecule has 0 spiro atoms. The van der Waals surface area contributed by atoms with Gasteiger partial charge in [0.2, 0.25) is 5.91 Å². The summed E-state index contributed by atoms with van der Waals surface area (Å²) in [6, 6.07) is 3.80. The van der Waals surface area contributed by atoms with Crippen LogP contribution in [0, 0.1) is 0 Å². The van der Waals surface area contributed by atoms with Crippen molar-refractivity contribution in [1.82, 2.24) is 15.2 Å². The summed E-state index contributed by atoms with van der Waals surface area (Å²) in [7, 11) is 0. The molecule has 0 aromatic carbocycles. The summed E-state index contributed by atoms with van der Waals surface area (Å²) >= 11 is 0. The number of aromatic nitrogens is 1. The van der Waals surface area contributed by atoms with Crippen molar-refractivity contribution in [3.8, 4) is 0 Å². The van der Waals surface area contributed by atoms with Crippen LogP contribution < -0.4 is 10.6 Å². The van der Waals surface area contributed by atoms with Crippen LogP contribution in [0.3, 0.4) is 0 Å². The molecule has 21 heavy (non-hydrogen) atoms. The molecule has 0 bridgehead atoms. The quantitative estimate of drug-likeness (QED) is 0.792. The zero-order valence-corrected chi connectivity index (χ0v) is 12.6. The van der Waals surface area contributed by atoms with E-state index in [2.05, 4.69) is 15.6 Å². The molecule has 1 fully saturated rings. The number of carbonyl (C=O) groups is 2. The Labute approximate surface area is 124 Å². The van der Waals surface area contributed by atoms with Crippen LogP contribution in [0.25, 0.3) is 0 Å². The number of hydrogen-bond acceptors (Lipinski definition) is 4. The first-order valence-electron chi connectivity index (χ1n) is 7.42. The molecule has 2 N–H and O–H groups in total. The van der Waals surface area contributed by atoms with Gasteiger partial charge >= 0.3 is 0 Å². The number of anilines is 1. The molecule has 0 aliphatic heterocycles. The highest BCUT2D eigenvalue weighted by Crippen LogP contribution is 2.18. The Morgan fingerprint density at radius 1 is 1.33 bits per heavy atom. The lowest BCUT2D eigenvalue weighted by atomic mass is 10.2. The van der Waals surface area contributed by atoms with Crippen molar-refractivity contribution >= 4 is 17.5 Å². The molecule has 1 aromatic heterocycles. The third kappa shape index (κ3) is 4.44. The van der Waals surface area contributed by atoms with E-state index in [0.717, 1.165) is 18.5 Å². The van der Waals surface area contributed by atoms with Gasteiger partial charge < -0.3 is 15.5 Å². The second-order valence-corrected chi connectivity index (χ2v) is 5.10. The van der Waals surface area contributed by atoms with E-state index >= 15 is 0 Å². The van der Waals surface area contributed by atoms with Crippen LogP contribution in [0.2, 0.25) is 0 Å². The minimum atomic E-state index is -0.0916. The number of nitrogens with one attached hydrogen (secondary N) is 2. The molecular weight excluding hydrogens is 268 g/mol. The number of nitrogens with zero attached hydrogens (tertiary/aromatic N) is 2. The Morgan fingerprint density at radius 2 is 2.05 bits per heavy atom. The molecule has 1 aromatic rings. The van der Waals surface area contributed by atoms with Crippen LogP contribution in [-0.4, -0.2) is 47.4 Å². The Bertz CT molecular complexity index is 510. The van der Waals surface area contributed by atoms with Crippen molar-refractivity contribution in [1.29, 1.82) is 0 Å². The smallest absolute Gasteiger partial charge is 0.272 e. The molecule has 6 nitrogen and oxygen atoms in total. The van der Waals surface area contributed by atoms with E-state index in [-0.39, 0.29) is 18.4 Å². The van der Waals surface area contributed by atoms with Crippen LogP contribution in [0.5, 0.6) is 0 Å². The van der Waals surface area contributed by atoms with Crippen molar-refractivity contribution in [2.24, 2.45) is 0 Å². The predicted octanol–water partition coefficient (Wildman–Crippen LogP) is 1.25. The lowest BCUT2D eigenvalue weighted by Crippen LogP contribution is -2.32. The number of hydrogen-bond donors (Lipinski definition) is 2. The molecule has 1 heterocycles. The second-order valence-electron chi connectivity index (χ2n) is 5.10. The molecular formula is C15H22N4O2. The zero-order chi connectivity index (χ0) is 15.2. The molecule has 1 aliphatic rings. The number of rotatable bonds is 7. The average Bonchev–Trinajstić information content (AvgIpc) is 3.30. The molecule has 6 heteroatoms. The fraction of sp³-hybridized carbons (Fsp3) is 0.533. The Morgan fingerprint density at radius 3 is 2.67 bits per heavy atom. The summed E-state index contributed by atoms with van der Waals surface area (Å²) in [6.45, 7) is 5.38. The highest BCUT2D eigenvalue weighted by Gasteiger charge is 2.22. The first-order chi connectivity index (χ1) is 10.1. The number of amides is 2. The van der Waals surface area contributed by atoms with Gasteiger partial charge in [0, 0.05) is 31.0 Å². The van der Waals surface area contributed by atoms with Gasteiger partial charge in [-0.1, -0.05) is 0 Å². The van der Waals surface area contributed by atoms with E-state index in [9.17, 15) is 9.59 Å². The Kier molecular flexibility index (Phi) is 5.14. The first kappa shape index (κ1) is 15.3. The normalized spacial score (nSPS) is 13.6. The first-order valence-corrected chi connectivity index (χ1v) is 7.42. The lowest BCUT2D eigenvalue weighted by Gasteiger charge is -2.18. The van der Waals surface area contributed by atoms with Crippen molar-refractivity contribution in [3.05, 3.63) is 24.0 Å². The standard InChI is InChI=1S/C15H22N4O2/c1-3-19(4-2)15(21)13-9-12(7-8-16-13)17-10-14(20)18-11-5-6-11/h7-9,11H,3-6,10H2,1-2H3,(H,16,17)(H,18,20). The van der Waals surface area contributed by atoms with Gasteiger partial charge in [0.05, 0.1) is 6.54 Å². The summed E-state index contributed by atoms with van der Waals surface area (Å²) < 4.78 is 0. The van der Waals surface area contributed by atoms with E-state index in [4.69, 9.17) is 0 Å².